The fraction of sp³-hybridized carbons (Fsp3) is 0.222. The standard InChI is InChI=1S/C9H11O.Y/c1-3-8-4-6-9(10-2)7-5-8;/h4-7H,1,3H2,2H3;/q-1;. The molecule has 0 fully saturated rings. The van der Waals surface area contributed by atoms with Crippen molar-refractivity contribution in [1.82, 2.24) is 0 Å². The first kappa shape index (κ1) is 11.1. The van der Waals surface area contributed by atoms with Crippen molar-refractivity contribution >= 4 is 0 Å². The summed E-state index contributed by atoms with van der Waals surface area (Å²) in [6, 6.07) is 7.93. The molecule has 0 saturated heterocycles. The summed E-state index contributed by atoms with van der Waals surface area (Å²) < 4.78 is 4.99. The smallest absolute Gasteiger partial charge is 0.118 e. The van der Waals surface area contributed by atoms with Gasteiger partial charge in [0.25, 0.3) is 0 Å². The van der Waals surface area contributed by atoms with Crippen LogP contribution in [0.1, 0.15) is 5.56 Å². The topological polar surface area (TPSA) is 9.23 Å². The van der Waals surface area contributed by atoms with Gasteiger partial charge in [-0.1, -0.05) is 17.7 Å². The Labute approximate surface area is 93.0 Å². The Hall–Kier alpha value is 0.124. The number of ether oxygens (including phenoxy) is 1. The van der Waals surface area contributed by atoms with Crippen LogP contribution in [0.15, 0.2) is 24.3 Å². The van der Waals surface area contributed by atoms with Gasteiger partial charge in [-0.15, -0.1) is 0 Å². The summed E-state index contributed by atoms with van der Waals surface area (Å²) in [5, 5.41) is 0. The zero-order chi connectivity index (χ0) is 7.40. The molecule has 0 spiro atoms. The van der Waals surface area contributed by atoms with E-state index in [4.69, 9.17) is 4.74 Å². The van der Waals surface area contributed by atoms with Crippen LogP contribution in [0.4, 0.5) is 0 Å². The van der Waals surface area contributed by atoms with Gasteiger partial charge >= 0.3 is 0 Å². The Balaban J connectivity index is 0.000001000. The van der Waals surface area contributed by atoms with Gasteiger partial charge < -0.3 is 11.7 Å². The number of hydrogen-bond acceptors (Lipinski definition) is 1. The average molecular weight is 224 g/mol. The Morgan fingerprint density at radius 1 is 1.27 bits per heavy atom. The van der Waals surface area contributed by atoms with E-state index in [1.54, 1.807) is 7.11 Å². The summed E-state index contributed by atoms with van der Waals surface area (Å²) in [7, 11) is 1.67. The maximum absolute atomic E-state index is 4.99. The van der Waals surface area contributed by atoms with Crippen molar-refractivity contribution in [2.24, 2.45) is 0 Å². The summed E-state index contributed by atoms with van der Waals surface area (Å²) in [5.74, 6) is 0.900. The van der Waals surface area contributed by atoms with E-state index in [2.05, 4.69) is 6.92 Å². The van der Waals surface area contributed by atoms with E-state index in [-0.39, 0.29) is 32.7 Å². The van der Waals surface area contributed by atoms with E-state index in [1.807, 2.05) is 24.3 Å². The van der Waals surface area contributed by atoms with E-state index < -0.39 is 0 Å². The van der Waals surface area contributed by atoms with Crippen LogP contribution in [-0.4, -0.2) is 7.11 Å². The van der Waals surface area contributed by atoms with E-state index in [1.165, 1.54) is 5.56 Å². The molecule has 0 aliphatic heterocycles. The second kappa shape index (κ2) is 5.73. The normalized spacial score (nSPS) is 8.55. The van der Waals surface area contributed by atoms with Gasteiger partial charge in [0.1, 0.15) is 5.75 Å². The molecule has 0 atom stereocenters. The van der Waals surface area contributed by atoms with Crippen molar-refractivity contribution < 1.29 is 37.4 Å². The summed E-state index contributed by atoms with van der Waals surface area (Å²) >= 11 is 0. The van der Waals surface area contributed by atoms with Crippen LogP contribution < -0.4 is 4.74 Å². The number of hydrogen-bond donors (Lipinski definition) is 0. The maximum Gasteiger partial charge on any atom is 0.118 e. The summed E-state index contributed by atoms with van der Waals surface area (Å²) in [5.41, 5.74) is 1.24. The fourth-order valence-corrected chi connectivity index (χ4v) is 0.792. The molecule has 0 saturated carbocycles. The molecular formula is C9H11OY-. The third-order valence-electron chi connectivity index (χ3n) is 1.45. The van der Waals surface area contributed by atoms with Gasteiger partial charge in [0, 0.05) is 32.7 Å². The molecule has 1 aromatic carbocycles. The van der Waals surface area contributed by atoms with Crippen molar-refractivity contribution in [2.75, 3.05) is 7.11 Å². The SMILES string of the molecule is [CH2-]Cc1ccc(OC)cc1.[Y]. The molecule has 1 nitrogen and oxygen atoms in total. The first-order valence-corrected chi connectivity index (χ1v) is 3.29. The number of methoxy groups -OCH3 is 1. The molecule has 57 valence electrons. The van der Waals surface area contributed by atoms with Crippen molar-refractivity contribution in [3.05, 3.63) is 36.8 Å². The third kappa shape index (κ3) is 3.35. The Morgan fingerprint density at radius 2 is 1.82 bits per heavy atom. The number of benzene rings is 1. The van der Waals surface area contributed by atoms with Crippen LogP contribution in [0.3, 0.4) is 0 Å². The molecule has 1 rings (SSSR count). The minimum atomic E-state index is 0. The van der Waals surface area contributed by atoms with Crippen LogP contribution in [0, 0.1) is 6.92 Å². The van der Waals surface area contributed by atoms with Gasteiger partial charge in [-0.2, -0.15) is 6.42 Å². The molecule has 0 aliphatic carbocycles. The van der Waals surface area contributed by atoms with E-state index in [9.17, 15) is 0 Å². The second-order valence-electron chi connectivity index (χ2n) is 2.10. The van der Waals surface area contributed by atoms with Crippen molar-refractivity contribution in [2.45, 2.75) is 6.42 Å². The molecule has 0 unspecified atom stereocenters. The van der Waals surface area contributed by atoms with Crippen molar-refractivity contribution in [3.63, 3.8) is 0 Å². The van der Waals surface area contributed by atoms with E-state index in [0.717, 1.165) is 12.2 Å². The van der Waals surface area contributed by atoms with Gasteiger partial charge in [0.2, 0.25) is 0 Å². The molecule has 1 aromatic rings. The maximum atomic E-state index is 4.99. The van der Waals surface area contributed by atoms with E-state index >= 15 is 0 Å². The molecule has 0 bridgehead atoms. The molecule has 2 heteroatoms. The predicted octanol–water partition coefficient (Wildman–Crippen LogP) is 2.07. The molecule has 0 aromatic heterocycles. The van der Waals surface area contributed by atoms with Gasteiger partial charge in [0.05, 0.1) is 7.11 Å². The minimum Gasteiger partial charge on any atom is -0.497 e. The second-order valence-corrected chi connectivity index (χ2v) is 2.10. The predicted molar refractivity (Wildman–Crippen MR) is 42.1 cm³/mol. The Kier molecular flexibility index (Phi) is 5.80. The summed E-state index contributed by atoms with van der Waals surface area (Å²) in [6.45, 7) is 3.77. The first-order chi connectivity index (χ1) is 4.86. The van der Waals surface area contributed by atoms with Crippen molar-refractivity contribution in [1.29, 1.82) is 0 Å². The van der Waals surface area contributed by atoms with Gasteiger partial charge in [-0.25, -0.2) is 0 Å². The molecule has 11 heavy (non-hydrogen) atoms. The van der Waals surface area contributed by atoms with Crippen molar-refractivity contribution in [3.8, 4) is 5.75 Å². The monoisotopic (exact) mass is 224 g/mol. The van der Waals surface area contributed by atoms with Crippen LogP contribution in [0.25, 0.3) is 0 Å². The van der Waals surface area contributed by atoms with Gasteiger partial charge in [-0.05, 0) is 12.1 Å². The average Bonchev–Trinajstić information content (AvgIpc) is 2.05. The minimum absolute atomic E-state index is 0. The molecule has 0 N–H and O–H groups in total. The zero-order valence-electron chi connectivity index (χ0n) is 6.71. The molecule has 0 amide bonds. The largest absolute Gasteiger partial charge is 0.497 e. The quantitative estimate of drug-likeness (QED) is 0.698. The molecule has 1 radical (unpaired) electrons. The van der Waals surface area contributed by atoms with E-state index in [0.29, 0.717) is 0 Å². The molecule has 0 aliphatic rings. The molecular weight excluding hydrogens is 213 g/mol. The summed E-state index contributed by atoms with van der Waals surface area (Å²) in [6.07, 6.45) is 0.837. The Bertz CT molecular complexity index is 170. The third-order valence-corrected chi connectivity index (χ3v) is 1.45. The molecule has 0 heterocycles. The van der Waals surface area contributed by atoms with Crippen LogP contribution in [0.5, 0.6) is 5.75 Å². The van der Waals surface area contributed by atoms with Crippen LogP contribution in [0.2, 0.25) is 0 Å². The zero-order valence-corrected chi connectivity index (χ0v) is 9.55. The Morgan fingerprint density at radius 3 is 2.18 bits per heavy atom. The van der Waals surface area contributed by atoms with Crippen LogP contribution in [-0.2, 0) is 39.1 Å². The number of rotatable bonds is 2. The van der Waals surface area contributed by atoms with Gasteiger partial charge in [0.15, 0.2) is 0 Å². The van der Waals surface area contributed by atoms with Gasteiger partial charge in [-0.3, -0.25) is 0 Å². The summed E-state index contributed by atoms with van der Waals surface area (Å²) in [4.78, 5) is 0. The first-order valence-electron chi connectivity index (χ1n) is 3.29. The fourth-order valence-electron chi connectivity index (χ4n) is 0.792. The van der Waals surface area contributed by atoms with Crippen LogP contribution >= 0.6 is 0 Å².